The molecule has 0 atom stereocenters. The Hall–Kier alpha value is -2.56. The number of thiophene rings is 1. The van der Waals surface area contributed by atoms with Crippen molar-refractivity contribution >= 4 is 44.9 Å². The van der Waals surface area contributed by atoms with Gasteiger partial charge < -0.3 is 10.3 Å². The molecule has 0 aliphatic heterocycles. The molecule has 0 unspecified atom stereocenters. The molecule has 0 aliphatic rings. The number of aromatic nitrogens is 2. The highest BCUT2D eigenvalue weighted by molar-refractivity contribution is 7.99. The van der Waals surface area contributed by atoms with Gasteiger partial charge in [-0.25, -0.2) is 4.98 Å². The van der Waals surface area contributed by atoms with Crippen LogP contribution in [0, 0.1) is 26.2 Å². The maximum absolute atomic E-state index is 12.7. The van der Waals surface area contributed by atoms with Crippen molar-refractivity contribution in [1.82, 2.24) is 9.97 Å². The van der Waals surface area contributed by atoms with Crippen molar-refractivity contribution in [3.63, 3.8) is 0 Å². The summed E-state index contributed by atoms with van der Waals surface area (Å²) in [5.41, 5.74) is 2.09. The molecule has 2 aromatic heterocycles. The van der Waals surface area contributed by atoms with Gasteiger partial charge in [0.1, 0.15) is 4.83 Å². The smallest absolute Gasteiger partial charge is 0.266 e. The number of amides is 1. The van der Waals surface area contributed by atoms with Gasteiger partial charge in [-0.1, -0.05) is 35.9 Å². The molecule has 0 bridgehead atoms. The zero-order valence-corrected chi connectivity index (χ0v) is 15.3. The number of hydrogen-bond donors (Lipinski definition) is 2. The third-order valence-electron chi connectivity index (χ3n) is 3.67. The topological polar surface area (TPSA) is 74.8 Å². The maximum atomic E-state index is 12.7. The molecule has 7 heteroatoms. The van der Waals surface area contributed by atoms with E-state index >= 15 is 0 Å². The summed E-state index contributed by atoms with van der Waals surface area (Å²) in [6.07, 6.45) is 5.24. The van der Waals surface area contributed by atoms with Crippen LogP contribution in [-0.4, -0.2) is 21.6 Å². The number of hydrogen-bond acceptors (Lipinski definition) is 5. The van der Waals surface area contributed by atoms with Gasteiger partial charge in [-0.15, -0.1) is 17.8 Å². The molecule has 0 fully saturated rings. The molecule has 5 nitrogen and oxygen atoms in total. The standard InChI is InChI=1S/C18H15N3O2S2/c1-4-9-24-18-20-15(22)13-11(3)14(25-17(13)21-18)16(23)19-12-8-6-5-7-10(12)2/h1,5-8H,9H2,2-3H3,(H,19,23)(H,20,21,22). The number of terminal acetylenes is 1. The molecule has 3 rings (SSSR count). The van der Waals surface area contributed by atoms with Crippen molar-refractivity contribution in [3.05, 3.63) is 50.6 Å². The minimum absolute atomic E-state index is 0.243. The summed E-state index contributed by atoms with van der Waals surface area (Å²) in [6, 6.07) is 7.54. The van der Waals surface area contributed by atoms with Crippen LogP contribution in [0.1, 0.15) is 20.8 Å². The van der Waals surface area contributed by atoms with Crippen molar-refractivity contribution in [1.29, 1.82) is 0 Å². The summed E-state index contributed by atoms with van der Waals surface area (Å²) >= 11 is 2.49. The Labute approximate surface area is 152 Å². The molecular weight excluding hydrogens is 354 g/mol. The number of aryl methyl sites for hydroxylation is 2. The van der Waals surface area contributed by atoms with Crippen LogP contribution in [0.2, 0.25) is 0 Å². The molecule has 0 saturated heterocycles. The lowest BCUT2D eigenvalue weighted by molar-refractivity contribution is 0.103. The quantitative estimate of drug-likeness (QED) is 0.419. The highest BCUT2D eigenvalue weighted by atomic mass is 32.2. The van der Waals surface area contributed by atoms with Gasteiger partial charge in [-0.3, -0.25) is 9.59 Å². The van der Waals surface area contributed by atoms with Gasteiger partial charge in [0.05, 0.1) is 16.0 Å². The van der Waals surface area contributed by atoms with E-state index in [1.807, 2.05) is 31.2 Å². The van der Waals surface area contributed by atoms with E-state index in [0.717, 1.165) is 11.3 Å². The number of nitrogens with zero attached hydrogens (tertiary/aromatic N) is 1. The number of aromatic amines is 1. The second-order valence-electron chi connectivity index (χ2n) is 5.37. The Morgan fingerprint density at radius 2 is 2.16 bits per heavy atom. The molecule has 2 N–H and O–H groups in total. The molecular formula is C18H15N3O2S2. The molecule has 0 aliphatic carbocycles. The first-order valence-corrected chi connectivity index (χ1v) is 9.28. The number of H-pyrrole nitrogens is 1. The average molecular weight is 369 g/mol. The first-order chi connectivity index (χ1) is 12.0. The predicted octanol–water partition coefficient (Wildman–Crippen LogP) is 3.58. The second-order valence-corrected chi connectivity index (χ2v) is 7.33. The second kappa shape index (κ2) is 7.13. The fourth-order valence-corrected chi connectivity index (χ4v) is 4.09. The highest BCUT2D eigenvalue weighted by Crippen LogP contribution is 2.29. The monoisotopic (exact) mass is 369 g/mol. The Kier molecular flexibility index (Phi) is 4.93. The Balaban J connectivity index is 1.99. The van der Waals surface area contributed by atoms with Crippen molar-refractivity contribution < 1.29 is 4.79 Å². The number of benzene rings is 1. The van der Waals surface area contributed by atoms with Crippen molar-refractivity contribution in [2.75, 3.05) is 11.1 Å². The Morgan fingerprint density at radius 1 is 1.40 bits per heavy atom. The van der Waals surface area contributed by atoms with Gasteiger partial charge in [-0.05, 0) is 31.0 Å². The maximum Gasteiger partial charge on any atom is 0.266 e. The number of rotatable bonds is 4. The summed E-state index contributed by atoms with van der Waals surface area (Å²) in [6.45, 7) is 3.69. The van der Waals surface area contributed by atoms with Crippen LogP contribution in [0.25, 0.3) is 10.2 Å². The number of carbonyl (C=O) groups is 1. The molecule has 25 heavy (non-hydrogen) atoms. The number of fused-ring (bicyclic) bond motifs is 1. The van der Waals surface area contributed by atoms with Gasteiger partial charge in [-0.2, -0.15) is 0 Å². The Bertz CT molecular complexity index is 1060. The zero-order valence-electron chi connectivity index (χ0n) is 13.7. The summed E-state index contributed by atoms with van der Waals surface area (Å²) < 4.78 is 0. The molecule has 3 aromatic rings. The van der Waals surface area contributed by atoms with E-state index in [4.69, 9.17) is 6.42 Å². The lowest BCUT2D eigenvalue weighted by Gasteiger charge is -2.07. The van der Waals surface area contributed by atoms with Crippen LogP contribution in [0.3, 0.4) is 0 Å². The normalized spacial score (nSPS) is 10.6. The van der Waals surface area contributed by atoms with Crippen LogP contribution in [0.15, 0.2) is 34.2 Å². The average Bonchev–Trinajstić information content (AvgIpc) is 2.92. The fourth-order valence-electron chi connectivity index (χ4n) is 2.41. The number of nitrogens with one attached hydrogen (secondary N) is 2. The number of carbonyl (C=O) groups excluding carboxylic acids is 1. The summed E-state index contributed by atoms with van der Waals surface area (Å²) in [7, 11) is 0. The van der Waals surface area contributed by atoms with E-state index in [2.05, 4.69) is 21.2 Å². The van der Waals surface area contributed by atoms with Crippen LogP contribution in [0.5, 0.6) is 0 Å². The summed E-state index contributed by atoms with van der Waals surface area (Å²) in [5, 5.41) is 3.81. The fraction of sp³-hybridized carbons (Fsp3) is 0.167. The zero-order chi connectivity index (χ0) is 18.0. The number of thioether (sulfide) groups is 1. The highest BCUT2D eigenvalue weighted by Gasteiger charge is 2.19. The van der Waals surface area contributed by atoms with Gasteiger partial charge in [0.15, 0.2) is 5.16 Å². The predicted molar refractivity (Wildman–Crippen MR) is 104 cm³/mol. The van der Waals surface area contributed by atoms with Crippen LogP contribution in [-0.2, 0) is 0 Å². The first kappa shape index (κ1) is 17.3. The molecule has 126 valence electrons. The van der Waals surface area contributed by atoms with Crippen molar-refractivity contribution in [3.8, 4) is 12.3 Å². The number of anilines is 1. The summed E-state index contributed by atoms with van der Waals surface area (Å²) in [5.74, 6) is 2.66. The first-order valence-electron chi connectivity index (χ1n) is 7.48. The minimum atomic E-state index is -0.256. The SMILES string of the molecule is C#CCSc1nc2sc(C(=O)Nc3ccccc3C)c(C)c2c(=O)[nH]1. The molecule has 1 aromatic carbocycles. The van der Waals surface area contributed by atoms with Gasteiger partial charge >= 0.3 is 0 Å². The lowest BCUT2D eigenvalue weighted by atomic mass is 10.2. The number of para-hydroxylation sites is 1. The molecule has 1 amide bonds. The molecule has 0 radical (unpaired) electrons. The van der Waals surface area contributed by atoms with Crippen molar-refractivity contribution in [2.45, 2.75) is 19.0 Å². The van der Waals surface area contributed by atoms with Crippen molar-refractivity contribution in [2.24, 2.45) is 0 Å². The summed E-state index contributed by atoms with van der Waals surface area (Å²) in [4.78, 5) is 33.1. The third-order valence-corrected chi connectivity index (χ3v) is 5.63. The van der Waals surface area contributed by atoms with Gasteiger partial charge in [0, 0.05) is 5.69 Å². The van der Waals surface area contributed by atoms with Crippen LogP contribution < -0.4 is 10.9 Å². The molecule has 2 heterocycles. The van der Waals surface area contributed by atoms with Crippen LogP contribution in [0.4, 0.5) is 5.69 Å². The van der Waals surface area contributed by atoms with E-state index in [1.54, 1.807) is 6.92 Å². The molecule has 0 saturated carbocycles. The molecule has 0 spiro atoms. The minimum Gasteiger partial charge on any atom is -0.321 e. The lowest BCUT2D eigenvalue weighted by Crippen LogP contribution is -2.13. The van der Waals surface area contributed by atoms with E-state index in [9.17, 15) is 9.59 Å². The van der Waals surface area contributed by atoms with E-state index < -0.39 is 0 Å². The third kappa shape index (κ3) is 3.45. The van der Waals surface area contributed by atoms with E-state index in [-0.39, 0.29) is 11.5 Å². The van der Waals surface area contributed by atoms with E-state index in [0.29, 0.717) is 31.6 Å². The van der Waals surface area contributed by atoms with Crippen LogP contribution >= 0.6 is 23.1 Å². The van der Waals surface area contributed by atoms with Gasteiger partial charge in [0.25, 0.3) is 11.5 Å². The van der Waals surface area contributed by atoms with E-state index in [1.165, 1.54) is 23.1 Å². The van der Waals surface area contributed by atoms with Gasteiger partial charge in [0.2, 0.25) is 0 Å². The Morgan fingerprint density at radius 3 is 2.88 bits per heavy atom. The largest absolute Gasteiger partial charge is 0.321 e.